The Morgan fingerprint density at radius 1 is 1.24 bits per heavy atom. The monoisotopic (exact) mass is 309 g/mol. The molecule has 2 aliphatic rings. The molecule has 1 atom stereocenters. The van der Waals surface area contributed by atoms with Crippen LogP contribution in [0.25, 0.3) is 0 Å². The summed E-state index contributed by atoms with van der Waals surface area (Å²) in [6, 6.07) is 0. The SMILES string of the molecule is C=C(N/C(SCC1CCCCC1)=C(\C)CC)C1CCOC1. The van der Waals surface area contributed by atoms with Crippen molar-refractivity contribution in [3.8, 4) is 0 Å². The van der Waals surface area contributed by atoms with Gasteiger partial charge in [0, 0.05) is 24.0 Å². The second-order valence-corrected chi connectivity index (χ2v) is 7.52. The zero-order chi connectivity index (χ0) is 15.1. The zero-order valence-corrected chi connectivity index (χ0v) is 14.6. The Bertz CT molecular complexity index is 365. The smallest absolute Gasteiger partial charge is 0.0712 e. The first kappa shape index (κ1) is 17.0. The first-order valence-electron chi connectivity index (χ1n) is 8.56. The third-order valence-corrected chi connectivity index (χ3v) is 6.18. The van der Waals surface area contributed by atoms with Crippen LogP contribution in [0.4, 0.5) is 0 Å². The molecule has 0 spiro atoms. The van der Waals surface area contributed by atoms with Crippen LogP contribution in [-0.2, 0) is 4.74 Å². The Morgan fingerprint density at radius 3 is 2.62 bits per heavy atom. The molecule has 1 saturated carbocycles. The second kappa shape index (κ2) is 8.89. The van der Waals surface area contributed by atoms with Crippen molar-refractivity contribution in [3.05, 3.63) is 22.9 Å². The van der Waals surface area contributed by atoms with Gasteiger partial charge in [-0.3, -0.25) is 0 Å². The molecule has 1 N–H and O–H groups in total. The van der Waals surface area contributed by atoms with E-state index >= 15 is 0 Å². The number of nitrogens with one attached hydrogen (secondary N) is 1. The van der Waals surface area contributed by atoms with E-state index in [1.54, 1.807) is 0 Å². The molecule has 1 aliphatic carbocycles. The van der Waals surface area contributed by atoms with Crippen molar-refractivity contribution in [1.29, 1.82) is 0 Å². The van der Waals surface area contributed by atoms with Crippen LogP contribution in [0.5, 0.6) is 0 Å². The zero-order valence-electron chi connectivity index (χ0n) is 13.7. The summed E-state index contributed by atoms with van der Waals surface area (Å²) in [7, 11) is 0. The molecule has 2 nitrogen and oxygen atoms in total. The fourth-order valence-electron chi connectivity index (χ4n) is 3.04. The van der Waals surface area contributed by atoms with Gasteiger partial charge in [0.1, 0.15) is 0 Å². The quantitative estimate of drug-likeness (QED) is 0.708. The van der Waals surface area contributed by atoms with Crippen LogP contribution in [-0.4, -0.2) is 19.0 Å². The van der Waals surface area contributed by atoms with Crippen molar-refractivity contribution in [3.63, 3.8) is 0 Å². The van der Waals surface area contributed by atoms with Gasteiger partial charge in [0.05, 0.1) is 11.6 Å². The van der Waals surface area contributed by atoms with Crippen molar-refractivity contribution < 1.29 is 4.74 Å². The summed E-state index contributed by atoms with van der Waals surface area (Å²) >= 11 is 2.01. The molecular formula is C18H31NOS. The standard InChI is InChI=1S/C18H31NOS/c1-4-14(2)18(19-15(3)17-10-11-20-12-17)21-13-16-8-6-5-7-9-16/h16-17,19H,3-13H2,1-2H3/b18-14-. The first-order chi connectivity index (χ1) is 10.2. The predicted molar refractivity (Wildman–Crippen MR) is 93.2 cm³/mol. The fourth-order valence-corrected chi connectivity index (χ4v) is 4.37. The maximum atomic E-state index is 5.48. The van der Waals surface area contributed by atoms with Crippen LogP contribution in [0.2, 0.25) is 0 Å². The Kier molecular flexibility index (Phi) is 7.18. The molecule has 120 valence electrons. The van der Waals surface area contributed by atoms with E-state index in [1.807, 2.05) is 11.8 Å². The van der Waals surface area contributed by atoms with Gasteiger partial charge >= 0.3 is 0 Å². The molecule has 0 aromatic heterocycles. The second-order valence-electron chi connectivity index (χ2n) is 6.49. The van der Waals surface area contributed by atoms with E-state index < -0.39 is 0 Å². The summed E-state index contributed by atoms with van der Waals surface area (Å²) in [6.45, 7) is 10.4. The lowest BCUT2D eigenvalue weighted by Gasteiger charge is -2.24. The summed E-state index contributed by atoms with van der Waals surface area (Å²) in [5, 5.41) is 4.96. The lowest BCUT2D eigenvalue weighted by molar-refractivity contribution is 0.189. The number of thioether (sulfide) groups is 1. The molecule has 0 bridgehead atoms. The topological polar surface area (TPSA) is 21.3 Å². The summed E-state index contributed by atoms with van der Waals surface area (Å²) in [5.41, 5.74) is 2.60. The number of ether oxygens (including phenoxy) is 1. The summed E-state index contributed by atoms with van der Waals surface area (Å²) in [4.78, 5) is 0. The Balaban J connectivity index is 1.86. The molecule has 1 aliphatic heterocycles. The minimum atomic E-state index is 0.486. The van der Waals surface area contributed by atoms with Crippen LogP contribution < -0.4 is 5.32 Å². The van der Waals surface area contributed by atoms with Crippen molar-refractivity contribution in [2.24, 2.45) is 11.8 Å². The average Bonchev–Trinajstić information content (AvgIpc) is 3.06. The van der Waals surface area contributed by atoms with Crippen molar-refractivity contribution in [2.45, 2.75) is 58.8 Å². The first-order valence-corrected chi connectivity index (χ1v) is 9.55. The van der Waals surface area contributed by atoms with Gasteiger partial charge in [0.25, 0.3) is 0 Å². The molecular weight excluding hydrogens is 278 g/mol. The summed E-state index contributed by atoms with van der Waals surface area (Å²) in [6.07, 6.45) is 9.35. The minimum Gasteiger partial charge on any atom is -0.381 e. The van der Waals surface area contributed by atoms with Crippen LogP contribution in [0.1, 0.15) is 58.8 Å². The van der Waals surface area contributed by atoms with Crippen LogP contribution in [0, 0.1) is 11.8 Å². The average molecular weight is 310 g/mol. The molecule has 2 fully saturated rings. The highest BCUT2D eigenvalue weighted by molar-refractivity contribution is 8.03. The third kappa shape index (κ3) is 5.37. The van der Waals surface area contributed by atoms with Crippen LogP contribution in [0.15, 0.2) is 22.9 Å². The van der Waals surface area contributed by atoms with E-state index in [-0.39, 0.29) is 0 Å². The van der Waals surface area contributed by atoms with E-state index in [0.717, 1.165) is 37.7 Å². The molecule has 1 saturated heterocycles. The van der Waals surface area contributed by atoms with Crippen LogP contribution >= 0.6 is 11.8 Å². The molecule has 0 amide bonds. The molecule has 0 aromatic rings. The summed E-state index contributed by atoms with van der Waals surface area (Å²) in [5.74, 6) is 2.65. The van der Waals surface area contributed by atoms with Gasteiger partial charge < -0.3 is 10.1 Å². The van der Waals surface area contributed by atoms with Crippen molar-refractivity contribution in [1.82, 2.24) is 5.32 Å². The lowest BCUT2D eigenvalue weighted by atomic mass is 9.91. The summed E-state index contributed by atoms with van der Waals surface area (Å²) < 4.78 is 5.48. The van der Waals surface area contributed by atoms with Gasteiger partial charge in [0.15, 0.2) is 0 Å². The van der Waals surface area contributed by atoms with Gasteiger partial charge in [-0.2, -0.15) is 0 Å². The van der Waals surface area contributed by atoms with Gasteiger partial charge in [-0.15, -0.1) is 11.8 Å². The van der Waals surface area contributed by atoms with E-state index in [0.29, 0.717) is 5.92 Å². The molecule has 1 heterocycles. The highest BCUT2D eigenvalue weighted by Gasteiger charge is 2.20. The molecule has 2 rings (SSSR count). The fraction of sp³-hybridized carbons (Fsp3) is 0.778. The van der Waals surface area contributed by atoms with E-state index in [9.17, 15) is 0 Å². The number of allylic oxidation sites excluding steroid dienone is 1. The minimum absolute atomic E-state index is 0.486. The third-order valence-electron chi connectivity index (χ3n) is 4.80. The predicted octanol–water partition coefficient (Wildman–Crippen LogP) is 5.08. The van der Waals surface area contributed by atoms with E-state index in [2.05, 4.69) is 25.7 Å². The molecule has 3 heteroatoms. The lowest BCUT2D eigenvalue weighted by Crippen LogP contribution is -2.20. The van der Waals surface area contributed by atoms with Crippen molar-refractivity contribution >= 4 is 11.8 Å². The highest BCUT2D eigenvalue weighted by Crippen LogP contribution is 2.31. The van der Waals surface area contributed by atoms with E-state index in [1.165, 1.54) is 48.5 Å². The Morgan fingerprint density at radius 2 is 2.00 bits per heavy atom. The number of hydrogen-bond donors (Lipinski definition) is 1. The van der Waals surface area contributed by atoms with Crippen LogP contribution in [0.3, 0.4) is 0 Å². The normalized spacial score (nSPS) is 24.8. The maximum absolute atomic E-state index is 5.48. The van der Waals surface area contributed by atoms with Gasteiger partial charge in [-0.25, -0.2) is 0 Å². The number of hydrogen-bond acceptors (Lipinski definition) is 3. The van der Waals surface area contributed by atoms with E-state index in [4.69, 9.17) is 4.74 Å². The van der Waals surface area contributed by atoms with Gasteiger partial charge in [-0.1, -0.05) is 32.8 Å². The maximum Gasteiger partial charge on any atom is 0.0712 e. The van der Waals surface area contributed by atoms with Gasteiger partial charge in [0.2, 0.25) is 0 Å². The largest absolute Gasteiger partial charge is 0.381 e. The highest BCUT2D eigenvalue weighted by atomic mass is 32.2. The van der Waals surface area contributed by atoms with Gasteiger partial charge in [-0.05, 0) is 44.1 Å². The Labute approximate surface area is 134 Å². The van der Waals surface area contributed by atoms with Crippen molar-refractivity contribution in [2.75, 3.05) is 19.0 Å². The number of rotatable bonds is 7. The Hall–Kier alpha value is -0.410. The molecule has 0 radical (unpaired) electrons. The molecule has 0 aromatic carbocycles. The molecule has 1 unspecified atom stereocenters. The molecule has 21 heavy (non-hydrogen) atoms.